The molecule has 1 amide bonds. The lowest BCUT2D eigenvalue weighted by atomic mass is 10.1. The van der Waals surface area contributed by atoms with Crippen molar-refractivity contribution in [3.63, 3.8) is 0 Å². The molecule has 1 fully saturated rings. The summed E-state index contributed by atoms with van der Waals surface area (Å²) in [6, 6.07) is 17.7. The van der Waals surface area contributed by atoms with E-state index in [-0.39, 0.29) is 5.91 Å². The fraction of sp³-hybridized carbons (Fsp3) is 0.292. The van der Waals surface area contributed by atoms with Crippen LogP contribution in [0.5, 0.6) is 0 Å². The first-order valence-electron chi connectivity index (χ1n) is 10.4. The summed E-state index contributed by atoms with van der Waals surface area (Å²) in [6.45, 7) is 6.04. The van der Waals surface area contributed by atoms with Crippen molar-refractivity contribution in [1.82, 2.24) is 9.97 Å². The van der Waals surface area contributed by atoms with Crippen molar-refractivity contribution in [2.45, 2.75) is 33.1 Å². The molecule has 30 heavy (non-hydrogen) atoms. The molecule has 0 aliphatic carbocycles. The second-order valence-corrected chi connectivity index (χ2v) is 7.77. The van der Waals surface area contributed by atoms with Gasteiger partial charge in [-0.2, -0.15) is 0 Å². The number of hydrogen-bond acceptors (Lipinski definition) is 5. The van der Waals surface area contributed by atoms with Gasteiger partial charge in [-0.1, -0.05) is 29.8 Å². The van der Waals surface area contributed by atoms with Crippen LogP contribution in [0.4, 0.5) is 23.0 Å². The van der Waals surface area contributed by atoms with E-state index in [1.54, 1.807) is 0 Å². The molecule has 1 saturated heterocycles. The smallest absolute Gasteiger partial charge is 0.228 e. The molecule has 0 spiro atoms. The van der Waals surface area contributed by atoms with Crippen molar-refractivity contribution < 1.29 is 4.79 Å². The Morgan fingerprint density at radius 3 is 2.43 bits per heavy atom. The van der Waals surface area contributed by atoms with Gasteiger partial charge in [-0.15, -0.1) is 0 Å². The first-order valence-corrected chi connectivity index (χ1v) is 10.4. The quantitative estimate of drug-likeness (QED) is 0.631. The Bertz CT molecular complexity index is 1030. The van der Waals surface area contributed by atoms with Gasteiger partial charge < -0.3 is 15.5 Å². The molecule has 0 bridgehead atoms. The normalized spacial score (nSPS) is 13.3. The molecule has 154 valence electrons. The number of nitrogens with one attached hydrogen (secondary N) is 2. The second-order valence-electron chi connectivity index (χ2n) is 7.77. The molecule has 4 rings (SSSR count). The van der Waals surface area contributed by atoms with Crippen molar-refractivity contribution in [2.75, 3.05) is 28.6 Å². The highest BCUT2D eigenvalue weighted by molar-refractivity contribution is 5.92. The van der Waals surface area contributed by atoms with Gasteiger partial charge in [-0.25, -0.2) is 9.97 Å². The van der Waals surface area contributed by atoms with E-state index in [0.29, 0.717) is 6.42 Å². The van der Waals surface area contributed by atoms with Crippen LogP contribution in [-0.4, -0.2) is 29.0 Å². The molecule has 2 N–H and O–H groups in total. The number of nitrogens with zero attached hydrogens (tertiary/aromatic N) is 3. The summed E-state index contributed by atoms with van der Waals surface area (Å²) in [4.78, 5) is 23.7. The number of anilines is 4. The molecule has 1 aliphatic rings. The minimum Gasteiger partial charge on any atom is -0.356 e. The van der Waals surface area contributed by atoms with Crippen molar-refractivity contribution in [3.8, 4) is 0 Å². The van der Waals surface area contributed by atoms with Crippen LogP contribution in [0.15, 0.2) is 54.6 Å². The molecular formula is C24H27N5O. The van der Waals surface area contributed by atoms with Gasteiger partial charge >= 0.3 is 0 Å². The van der Waals surface area contributed by atoms with Crippen LogP contribution >= 0.6 is 0 Å². The lowest BCUT2D eigenvalue weighted by Crippen LogP contribution is -2.19. The van der Waals surface area contributed by atoms with Gasteiger partial charge in [0.1, 0.15) is 17.5 Å². The predicted molar refractivity (Wildman–Crippen MR) is 121 cm³/mol. The van der Waals surface area contributed by atoms with Gasteiger partial charge in [-0.05, 0) is 56.5 Å². The van der Waals surface area contributed by atoms with Crippen molar-refractivity contribution >= 4 is 28.9 Å². The average Bonchev–Trinajstić information content (AvgIpc) is 3.24. The minimum atomic E-state index is -0.0250. The standard InChI is InChI=1S/C24H27N5O/c1-17-6-5-7-19(14-17)15-24(30)28-21-10-8-20(9-11-21)27-22-16-23(26-18(2)25-22)29-12-3-4-13-29/h5-11,14,16H,3-4,12-13,15H2,1-2H3,(H,28,30)(H,25,26,27). The topological polar surface area (TPSA) is 70.2 Å². The average molecular weight is 402 g/mol. The van der Waals surface area contributed by atoms with E-state index < -0.39 is 0 Å². The van der Waals surface area contributed by atoms with Crippen LogP contribution in [0, 0.1) is 13.8 Å². The zero-order valence-corrected chi connectivity index (χ0v) is 17.5. The number of benzene rings is 2. The highest BCUT2D eigenvalue weighted by atomic mass is 16.1. The summed E-state index contributed by atoms with van der Waals surface area (Å²) < 4.78 is 0. The third-order valence-corrected chi connectivity index (χ3v) is 5.14. The zero-order valence-electron chi connectivity index (χ0n) is 17.5. The van der Waals surface area contributed by atoms with Crippen molar-refractivity contribution in [3.05, 3.63) is 71.5 Å². The third-order valence-electron chi connectivity index (χ3n) is 5.14. The van der Waals surface area contributed by atoms with E-state index in [1.807, 2.05) is 68.4 Å². The van der Waals surface area contributed by atoms with Gasteiger partial charge in [0.05, 0.1) is 6.42 Å². The second kappa shape index (κ2) is 8.95. The Morgan fingerprint density at radius 2 is 1.70 bits per heavy atom. The van der Waals surface area contributed by atoms with Gasteiger partial charge in [0.15, 0.2) is 0 Å². The lowest BCUT2D eigenvalue weighted by molar-refractivity contribution is -0.115. The van der Waals surface area contributed by atoms with Gasteiger partial charge in [0, 0.05) is 30.5 Å². The number of aryl methyl sites for hydroxylation is 2. The molecule has 0 unspecified atom stereocenters. The van der Waals surface area contributed by atoms with Crippen LogP contribution < -0.4 is 15.5 Å². The van der Waals surface area contributed by atoms with Gasteiger partial charge in [0.2, 0.25) is 5.91 Å². The van der Waals surface area contributed by atoms with Gasteiger partial charge in [-0.3, -0.25) is 4.79 Å². The van der Waals surface area contributed by atoms with Crippen LogP contribution in [-0.2, 0) is 11.2 Å². The maximum Gasteiger partial charge on any atom is 0.228 e. The van der Waals surface area contributed by atoms with Crippen LogP contribution in [0.25, 0.3) is 0 Å². The molecule has 1 aromatic heterocycles. The Balaban J connectivity index is 1.38. The number of amides is 1. The maximum atomic E-state index is 12.3. The largest absolute Gasteiger partial charge is 0.356 e. The number of hydrogen-bond donors (Lipinski definition) is 2. The molecule has 1 aliphatic heterocycles. The summed E-state index contributed by atoms with van der Waals surface area (Å²) in [5, 5.41) is 6.30. The van der Waals surface area contributed by atoms with Crippen LogP contribution in [0.3, 0.4) is 0 Å². The summed E-state index contributed by atoms with van der Waals surface area (Å²) in [7, 11) is 0. The monoisotopic (exact) mass is 401 g/mol. The van der Waals surface area contributed by atoms with Crippen molar-refractivity contribution in [1.29, 1.82) is 0 Å². The highest BCUT2D eigenvalue weighted by Gasteiger charge is 2.15. The summed E-state index contributed by atoms with van der Waals surface area (Å²) in [5.41, 5.74) is 3.86. The zero-order chi connectivity index (χ0) is 20.9. The molecule has 3 aromatic rings. The Morgan fingerprint density at radius 1 is 0.967 bits per heavy atom. The highest BCUT2D eigenvalue weighted by Crippen LogP contribution is 2.23. The van der Waals surface area contributed by atoms with E-state index in [2.05, 4.69) is 25.5 Å². The summed E-state index contributed by atoms with van der Waals surface area (Å²) >= 11 is 0. The summed E-state index contributed by atoms with van der Waals surface area (Å²) in [5.74, 6) is 2.48. The molecule has 6 heteroatoms. The van der Waals surface area contributed by atoms with E-state index in [0.717, 1.165) is 53.1 Å². The van der Waals surface area contributed by atoms with E-state index >= 15 is 0 Å². The molecule has 0 saturated carbocycles. The Kier molecular flexibility index (Phi) is 5.93. The number of aromatic nitrogens is 2. The van der Waals surface area contributed by atoms with E-state index in [4.69, 9.17) is 0 Å². The number of rotatable bonds is 6. The third kappa shape index (κ3) is 5.14. The van der Waals surface area contributed by atoms with E-state index in [1.165, 1.54) is 12.8 Å². The summed E-state index contributed by atoms with van der Waals surface area (Å²) in [6.07, 6.45) is 2.78. The van der Waals surface area contributed by atoms with Crippen molar-refractivity contribution in [2.24, 2.45) is 0 Å². The predicted octanol–water partition coefficient (Wildman–Crippen LogP) is 4.62. The number of carbonyl (C=O) groups excluding carboxylic acids is 1. The Labute approximate surface area is 177 Å². The molecule has 0 radical (unpaired) electrons. The Hall–Kier alpha value is -3.41. The lowest BCUT2D eigenvalue weighted by Gasteiger charge is -2.18. The fourth-order valence-corrected chi connectivity index (χ4v) is 3.72. The molecular weight excluding hydrogens is 374 g/mol. The fourth-order valence-electron chi connectivity index (χ4n) is 3.72. The minimum absolute atomic E-state index is 0.0250. The van der Waals surface area contributed by atoms with Crippen LogP contribution in [0.2, 0.25) is 0 Å². The first-order chi connectivity index (χ1) is 14.5. The SMILES string of the molecule is Cc1cccc(CC(=O)Nc2ccc(Nc3cc(N4CCCC4)nc(C)n3)cc2)c1. The molecule has 2 heterocycles. The molecule has 2 aromatic carbocycles. The molecule has 6 nitrogen and oxygen atoms in total. The number of carbonyl (C=O) groups is 1. The van der Waals surface area contributed by atoms with E-state index in [9.17, 15) is 4.79 Å². The van der Waals surface area contributed by atoms with Gasteiger partial charge in [0.25, 0.3) is 0 Å². The first kappa shape index (κ1) is 19.9. The van der Waals surface area contributed by atoms with Crippen LogP contribution in [0.1, 0.15) is 29.8 Å². The maximum absolute atomic E-state index is 12.3. The molecule has 0 atom stereocenters.